The number of benzene rings is 1. The van der Waals surface area contributed by atoms with E-state index in [4.69, 9.17) is 15.0 Å². The molecule has 0 fully saturated rings. The molecule has 2 aromatic heterocycles. The molecule has 9 heteroatoms. The monoisotopic (exact) mass is 404 g/mol. The number of fused-ring (bicyclic) bond motifs is 1. The van der Waals surface area contributed by atoms with Crippen molar-refractivity contribution in [3.63, 3.8) is 0 Å². The molecule has 1 aliphatic rings. The summed E-state index contributed by atoms with van der Waals surface area (Å²) in [4.78, 5) is 11.7. The molecular weight excluding hydrogens is 380 g/mol. The molecule has 4 rings (SSSR count). The zero-order valence-electron chi connectivity index (χ0n) is 17.1. The molecule has 9 nitrogen and oxygen atoms in total. The quantitative estimate of drug-likeness (QED) is 0.436. The predicted molar refractivity (Wildman–Crippen MR) is 115 cm³/mol. The minimum atomic E-state index is 0.568. The smallest absolute Gasteiger partial charge is 0.229 e. The van der Waals surface area contributed by atoms with Crippen LogP contribution >= 0.6 is 0 Å². The highest BCUT2D eigenvalue weighted by atomic mass is 16.5. The molecule has 3 heterocycles. The number of rotatable bonds is 8. The second-order valence-electron chi connectivity index (χ2n) is 7.15. The van der Waals surface area contributed by atoms with Gasteiger partial charge in [0.05, 0.1) is 25.0 Å². The average molecular weight is 404 g/mol. The van der Waals surface area contributed by atoms with Gasteiger partial charge in [-0.3, -0.25) is 10.00 Å². The normalized spacial score (nSPS) is 12.5. The van der Waals surface area contributed by atoms with Crippen molar-refractivity contribution in [2.24, 2.45) is 0 Å². The number of nitrogens with zero attached hydrogens (tertiary/aromatic N) is 6. The molecule has 0 spiro atoms. The Bertz CT molecular complexity index is 1050. The van der Waals surface area contributed by atoms with Gasteiger partial charge in [-0.2, -0.15) is 15.3 Å². The van der Waals surface area contributed by atoms with Crippen LogP contribution in [-0.4, -0.2) is 40.0 Å². The topological polar surface area (TPSA) is 104 Å². The Morgan fingerprint density at radius 3 is 2.80 bits per heavy atom. The molecule has 0 atom stereocenters. The van der Waals surface area contributed by atoms with Gasteiger partial charge in [0.1, 0.15) is 5.82 Å². The Balaban J connectivity index is 1.49. The van der Waals surface area contributed by atoms with Gasteiger partial charge in [0.2, 0.25) is 5.95 Å². The van der Waals surface area contributed by atoms with Crippen LogP contribution in [0.2, 0.25) is 0 Å². The maximum atomic E-state index is 8.72. The molecule has 0 bridgehead atoms. The molecule has 0 amide bonds. The first kappa shape index (κ1) is 19.7. The molecule has 2 N–H and O–H groups in total. The van der Waals surface area contributed by atoms with Gasteiger partial charge < -0.3 is 15.0 Å². The number of ether oxygens (including phenoxy) is 1. The van der Waals surface area contributed by atoms with Crippen LogP contribution < -0.4 is 15.5 Å². The summed E-state index contributed by atoms with van der Waals surface area (Å²) < 4.78 is 6.91. The number of aromatic nitrogens is 4. The first-order valence-electron chi connectivity index (χ1n) is 9.81. The van der Waals surface area contributed by atoms with Crippen LogP contribution in [0.5, 0.6) is 0 Å². The number of anilines is 4. The first-order valence-corrected chi connectivity index (χ1v) is 9.81. The lowest BCUT2D eigenvalue weighted by molar-refractivity contribution is 0.183. The summed E-state index contributed by atoms with van der Waals surface area (Å²) in [5.41, 5.74) is 4.98. The van der Waals surface area contributed by atoms with E-state index >= 15 is 0 Å². The summed E-state index contributed by atoms with van der Waals surface area (Å²) in [7, 11) is 1.67. The van der Waals surface area contributed by atoms with E-state index in [1.807, 2.05) is 48.3 Å². The van der Waals surface area contributed by atoms with E-state index in [0.29, 0.717) is 19.1 Å². The fraction of sp³-hybridized carbons (Fsp3) is 0.333. The summed E-state index contributed by atoms with van der Waals surface area (Å²) >= 11 is 0. The van der Waals surface area contributed by atoms with Crippen LogP contribution in [0.15, 0.2) is 36.7 Å². The van der Waals surface area contributed by atoms with E-state index in [-0.39, 0.29) is 0 Å². The molecule has 3 aromatic rings. The highest BCUT2D eigenvalue weighted by Gasteiger charge is 2.24. The van der Waals surface area contributed by atoms with Crippen LogP contribution in [0.25, 0.3) is 0 Å². The number of methoxy groups -OCH3 is 1. The number of hydrogen-bond acceptors (Lipinski definition) is 8. The Hall–Kier alpha value is -3.64. The lowest BCUT2D eigenvalue weighted by Crippen LogP contribution is -2.21. The second kappa shape index (κ2) is 8.80. The molecule has 0 unspecified atom stereocenters. The molecule has 0 radical (unpaired) electrons. The molecule has 1 aliphatic heterocycles. The maximum absolute atomic E-state index is 8.72. The van der Waals surface area contributed by atoms with Crippen LogP contribution in [0, 0.1) is 18.4 Å². The van der Waals surface area contributed by atoms with Gasteiger partial charge in [-0.05, 0) is 31.0 Å². The van der Waals surface area contributed by atoms with E-state index in [9.17, 15) is 0 Å². The third-order valence-electron chi connectivity index (χ3n) is 5.06. The zero-order valence-corrected chi connectivity index (χ0v) is 17.1. The van der Waals surface area contributed by atoms with E-state index < -0.39 is 0 Å². The van der Waals surface area contributed by atoms with Gasteiger partial charge in [0, 0.05) is 43.3 Å². The summed E-state index contributed by atoms with van der Waals surface area (Å²) in [5, 5.41) is 19.0. The predicted octanol–water partition coefficient (Wildman–Crippen LogP) is 2.83. The van der Waals surface area contributed by atoms with Gasteiger partial charge in [0.25, 0.3) is 0 Å². The summed E-state index contributed by atoms with van der Waals surface area (Å²) in [5.74, 6) is 1.54. The van der Waals surface area contributed by atoms with Gasteiger partial charge in [-0.15, -0.1) is 0 Å². The highest BCUT2D eigenvalue weighted by molar-refractivity contribution is 5.60. The van der Waals surface area contributed by atoms with Crippen LogP contribution in [0.1, 0.15) is 16.8 Å². The van der Waals surface area contributed by atoms with E-state index in [2.05, 4.69) is 25.6 Å². The van der Waals surface area contributed by atoms with E-state index in [1.165, 1.54) is 5.56 Å². The van der Waals surface area contributed by atoms with Crippen LogP contribution in [-0.2, 0) is 24.2 Å². The average Bonchev–Trinajstić information content (AvgIpc) is 3.35. The van der Waals surface area contributed by atoms with Crippen molar-refractivity contribution in [3.05, 3.63) is 53.5 Å². The first-order chi connectivity index (χ1) is 14.7. The minimum absolute atomic E-state index is 0.568. The van der Waals surface area contributed by atoms with Crippen molar-refractivity contribution >= 4 is 23.1 Å². The Morgan fingerprint density at radius 1 is 1.20 bits per heavy atom. The standard InChI is InChI=1S/C21H24N8O/c1-15-19-7-8-28(12-16-3-5-17(6-4-16)23-14-22)20(19)27-21(25-15)26-18-11-24-29(13-18)9-10-30-2/h3-6,11,13,23H,7-10,12H2,1-2H3,(H,25,26,27). The Labute approximate surface area is 175 Å². The van der Waals surface area contributed by atoms with Crippen molar-refractivity contribution in [2.45, 2.75) is 26.4 Å². The SMILES string of the molecule is COCCn1cc(Nc2nc(C)c3c(n2)N(Cc2ccc(NC#N)cc2)CC3)cn1. The van der Waals surface area contributed by atoms with Crippen molar-refractivity contribution in [2.75, 3.05) is 35.8 Å². The van der Waals surface area contributed by atoms with Crippen molar-refractivity contribution in [3.8, 4) is 6.19 Å². The van der Waals surface area contributed by atoms with Gasteiger partial charge >= 0.3 is 0 Å². The Kier molecular flexibility index (Phi) is 5.77. The van der Waals surface area contributed by atoms with E-state index in [1.54, 1.807) is 13.3 Å². The van der Waals surface area contributed by atoms with Crippen molar-refractivity contribution in [1.82, 2.24) is 19.7 Å². The number of hydrogen-bond donors (Lipinski definition) is 2. The van der Waals surface area contributed by atoms with Gasteiger partial charge in [-0.25, -0.2) is 4.98 Å². The molecule has 1 aromatic carbocycles. The Morgan fingerprint density at radius 2 is 2.03 bits per heavy atom. The van der Waals surface area contributed by atoms with Crippen molar-refractivity contribution < 1.29 is 4.74 Å². The largest absolute Gasteiger partial charge is 0.383 e. The molecule has 30 heavy (non-hydrogen) atoms. The lowest BCUT2D eigenvalue weighted by atomic mass is 10.2. The van der Waals surface area contributed by atoms with Gasteiger partial charge in [-0.1, -0.05) is 12.1 Å². The summed E-state index contributed by atoms with van der Waals surface area (Å²) in [6.45, 7) is 4.99. The molecule has 154 valence electrons. The number of nitrogens with one attached hydrogen (secondary N) is 2. The van der Waals surface area contributed by atoms with E-state index in [0.717, 1.165) is 48.0 Å². The number of aryl methyl sites for hydroxylation is 1. The molecular formula is C21H24N8O. The minimum Gasteiger partial charge on any atom is -0.383 e. The number of nitriles is 1. The third kappa shape index (κ3) is 4.34. The second-order valence-corrected chi connectivity index (χ2v) is 7.15. The van der Waals surface area contributed by atoms with Crippen LogP contribution in [0.3, 0.4) is 0 Å². The van der Waals surface area contributed by atoms with Crippen LogP contribution in [0.4, 0.5) is 23.1 Å². The third-order valence-corrected chi connectivity index (χ3v) is 5.06. The van der Waals surface area contributed by atoms with Crippen molar-refractivity contribution in [1.29, 1.82) is 5.26 Å². The fourth-order valence-corrected chi connectivity index (χ4v) is 3.54. The summed E-state index contributed by atoms with van der Waals surface area (Å²) in [6.07, 6.45) is 6.55. The summed E-state index contributed by atoms with van der Waals surface area (Å²) in [6, 6.07) is 7.88. The lowest BCUT2D eigenvalue weighted by Gasteiger charge is -2.19. The fourth-order valence-electron chi connectivity index (χ4n) is 3.54. The van der Waals surface area contributed by atoms with Gasteiger partial charge in [0.15, 0.2) is 6.19 Å². The maximum Gasteiger partial charge on any atom is 0.229 e. The molecule has 0 saturated heterocycles. The highest BCUT2D eigenvalue weighted by Crippen LogP contribution is 2.31. The zero-order chi connectivity index (χ0) is 20.9. The molecule has 0 saturated carbocycles. The molecule has 0 aliphatic carbocycles.